The van der Waals surface area contributed by atoms with Gasteiger partial charge in [-0.1, -0.05) is 171 Å². The van der Waals surface area contributed by atoms with Crippen LogP contribution in [0.3, 0.4) is 0 Å². The molecule has 65 heavy (non-hydrogen) atoms. The Morgan fingerprint density at radius 2 is 1.26 bits per heavy atom. The van der Waals surface area contributed by atoms with Gasteiger partial charge in [0.05, 0.1) is 16.8 Å². The largest absolute Gasteiger partial charge is 0.314 e. The van der Waals surface area contributed by atoms with Gasteiger partial charge in [-0.15, -0.1) is 11.3 Å². The van der Waals surface area contributed by atoms with Gasteiger partial charge in [-0.25, -0.2) is 0 Å². The second-order valence-electron chi connectivity index (χ2n) is 17.0. The molecule has 9 aromatic carbocycles. The predicted molar refractivity (Wildman–Crippen MR) is 274 cm³/mol. The zero-order chi connectivity index (χ0) is 43.5. The Morgan fingerprint density at radius 3 is 2.09 bits per heavy atom. The van der Waals surface area contributed by atoms with Gasteiger partial charge in [0, 0.05) is 43.6 Å². The normalized spacial score (nSPS) is 15.1. The van der Waals surface area contributed by atoms with Crippen LogP contribution in [0.1, 0.15) is 47.6 Å². The summed E-state index contributed by atoms with van der Waals surface area (Å²) in [4.78, 5) is 6.19. The fourth-order valence-electron chi connectivity index (χ4n) is 10.7. The lowest BCUT2D eigenvalue weighted by Crippen LogP contribution is -2.27. The van der Waals surface area contributed by atoms with Gasteiger partial charge in [0.2, 0.25) is 0 Å². The summed E-state index contributed by atoms with van der Waals surface area (Å²) < 4.78 is 1.31. The van der Waals surface area contributed by atoms with E-state index in [1.165, 1.54) is 75.9 Å². The third kappa shape index (κ3) is 6.02. The van der Waals surface area contributed by atoms with Crippen molar-refractivity contribution < 1.29 is 0 Å². The zero-order valence-corrected chi connectivity index (χ0v) is 37.1. The molecule has 0 radical (unpaired) electrons. The molecule has 0 N–H and O–H groups in total. The van der Waals surface area contributed by atoms with Crippen LogP contribution in [0.5, 0.6) is 0 Å². The summed E-state index contributed by atoms with van der Waals surface area (Å²) in [7, 11) is 0. The maximum Gasteiger partial charge on any atom is 0.0973 e. The molecule has 308 valence electrons. The summed E-state index contributed by atoms with van der Waals surface area (Å²) in [6.45, 7) is 4.42. The maximum atomic E-state index is 3.50. The number of hydrogen-bond donors (Lipinski definition) is 0. The molecule has 1 aromatic heterocycles. The summed E-state index contributed by atoms with van der Waals surface area (Å²) in [5.41, 5.74) is 16.3. The SMILES string of the molecule is C/C=C\C=C(/C(C)c1ccccc1)N(c1ccccc1)c1ccc2c(c1)C1(c3ccccc3-c3ccc(N(c4c#cccc4)c4cccc5ccccc45)cc31)c1c-2sc2ccccc12. The predicted octanol–water partition coefficient (Wildman–Crippen LogP) is 16.9. The lowest BCUT2D eigenvalue weighted by molar-refractivity contribution is 0.800. The molecule has 1 spiro atoms. The van der Waals surface area contributed by atoms with E-state index in [9.17, 15) is 0 Å². The molecule has 2 atom stereocenters. The third-order valence-corrected chi connectivity index (χ3v) is 14.7. The van der Waals surface area contributed by atoms with Gasteiger partial charge in [-0.3, -0.25) is 0 Å². The number of nitrogens with zero attached hydrogens (tertiary/aromatic N) is 2. The minimum absolute atomic E-state index is 0.1000. The molecule has 10 aromatic rings. The lowest BCUT2D eigenvalue weighted by atomic mass is 9.70. The smallest absolute Gasteiger partial charge is 0.0973 e. The maximum absolute atomic E-state index is 3.50. The Hall–Kier alpha value is -7.90. The fourth-order valence-corrected chi connectivity index (χ4v) is 12.0. The van der Waals surface area contributed by atoms with Crippen molar-refractivity contribution in [3.05, 3.63) is 270 Å². The average molecular weight is 849 g/mol. The summed E-state index contributed by atoms with van der Waals surface area (Å²) in [5.74, 6) is 0.1000. The van der Waals surface area contributed by atoms with Crippen LogP contribution >= 0.6 is 11.3 Å². The molecule has 0 saturated heterocycles. The molecule has 2 aliphatic carbocycles. The Morgan fingerprint density at radius 1 is 0.585 bits per heavy atom. The van der Waals surface area contributed by atoms with Crippen molar-refractivity contribution in [2.45, 2.75) is 25.2 Å². The molecule has 0 saturated carbocycles. The van der Waals surface area contributed by atoms with Crippen LogP contribution < -0.4 is 9.80 Å². The summed E-state index contributed by atoms with van der Waals surface area (Å²) in [6, 6.07) is 82.5. The van der Waals surface area contributed by atoms with Crippen molar-refractivity contribution in [3.8, 4) is 21.6 Å². The molecule has 2 unspecified atom stereocenters. The standard InChI is InChI=1S/C62H44N2S/c1-3-4-33-57(42(2)43-21-8-5-9-22-43)63(45-25-10-6-11-26-45)47-37-39-52-56(41-47)62(60-53-31-17-19-35-59(53)65-61(52)60)54-32-18-16-30-50(54)51-38-36-48(40-55(51)62)64(46-27-12-7-13-28-46)58-34-20-24-44-23-14-15-29-49(44)58/h3-12,14-27,29-42H,1-2H3/b4-3-,57-33+. The van der Waals surface area contributed by atoms with Crippen molar-refractivity contribution in [2.24, 2.45) is 0 Å². The number of anilines is 5. The Kier molecular flexibility index (Phi) is 9.37. The van der Waals surface area contributed by atoms with E-state index >= 15 is 0 Å². The molecule has 12 rings (SSSR count). The average Bonchev–Trinajstić information content (AvgIpc) is 3.99. The molecule has 3 heteroatoms. The number of para-hydroxylation sites is 1. The fraction of sp³-hybridized carbons (Fsp3) is 0.0645. The van der Waals surface area contributed by atoms with E-state index in [1.54, 1.807) is 0 Å². The highest BCUT2D eigenvalue weighted by atomic mass is 32.1. The first-order chi connectivity index (χ1) is 32.1. The highest BCUT2D eigenvalue weighted by Crippen LogP contribution is 2.67. The van der Waals surface area contributed by atoms with Crippen molar-refractivity contribution in [3.63, 3.8) is 0 Å². The number of rotatable bonds is 9. The van der Waals surface area contributed by atoms with E-state index in [4.69, 9.17) is 0 Å². The molecule has 1 heterocycles. The van der Waals surface area contributed by atoms with Gasteiger partial charge >= 0.3 is 0 Å². The first kappa shape index (κ1) is 38.7. The van der Waals surface area contributed by atoms with Crippen molar-refractivity contribution >= 4 is 60.6 Å². The number of allylic oxidation sites excluding steroid dienone is 4. The molecular weight excluding hydrogens is 805 g/mol. The second kappa shape index (κ2) is 15.7. The lowest BCUT2D eigenvalue weighted by Gasteiger charge is -2.35. The van der Waals surface area contributed by atoms with Gasteiger partial charge in [-0.05, 0) is 135 Å². The van der Waals surface area contributed by atoms with Crippen molar-refractivity contribution in [1.29, 1.82) is 0 Å². The van der Waals surface area contributed by atoms with Crippen LogP contribution in [0.25, 0.3) is 42.4 Å². The minimum atomic E-state index is -0.611. The van der Waals surface area contributed by atoms with Crippen LogP contribution in [-0.4, -0.2) is 0 Å². The van der Waals surface area contributed by atoms with Crippen molar-refractivity contribution in [2.75, 3.05) is 9.80 Å². The highest BCUT2D eigenvalue weighted by molar-refractivity contribution is 7.22. The topological polar surface area (TPSA) is 6.48 Å². The Balaban J connectivity index is 1.15. The van der Waals surface area contributed by atoms with E-state index in [-0.39, 0.29) is 5.92 Å². The third-order valence-electron chi connectivity index (χ3n) is 13.5. The number of thiophene rings is 1. The molecule has 2 aliphatic rings. The monoisotopic (exact) mass is 848 g/mol. The molecular formula is C62H44N2S. The van der Waals surface area contributed by atoms with Crippen LogP contribution in [0.4, 0.5) is 28.4 Å². The molecule has 2 nitrogen and oxygen atoms in total. The zero-order valence-electron chi connectivity index (χ0n) is 36.2. The Labute approximate surface area is 385 Å². The van der Waals surface area contributed by atoms with Gasteiger partial charge in [-0.2, -0.15) is 0 Å². The quantitative estimate of drug-likeness (QED) is 0.134. The summed E-state index contributed by atoms with van der Waals surface area (Å²) in [6.07, 6.45) is 6.60. The van der Waals surface area contributed by atoms with Gasteiger partial charge in [0.25, 0.3) is 0 Å². The van der Waals surface area contributed by atoms with E-state index in [2.05, 4.69) is 254 Å². The minimum Gasteiger partial charge on any atom is -0.314 e. The van der Waals surface area contributed by atoms with Gasteiger partial charge in [0.1, 0.15) is 0 Å². The van der Waals surface area contributed by atoms with Crippen LogP contribution in [0.15, 0.2) is 230 Å². The molecule has 0 bridgehead atoms. The molecule has 0 aliphatic heterocycles. The van der Waals surface area contributed by atoms with Crippen LogP contribution in [-0.2, 0) is 5.41 Å². The molecule has 0 fully saturated rings. The number of hydrogen-bond acceptors (Lipinski definition) is 3. The van der Waals surface area contributed by atoms with Gasteiger partial charge in [0.15, 0.2) is 0 Å². The molecule has 0 amide bonds. The first-order valence-electron chi connectivity index (χ1n) is 22.5. The summed E-state index contributed by atoms with van der Waals surface area (Å²) >= 11 is 1.92. The van der Waals surface area contributed by atoms with Gasteiger partial charge < -0.3 is 9.80 Å². The highest BCUT2D eigenvalue weighted by Gasteiger charge is 2.54. The number of fused-ring (bicyclic) bond motifs is 13. The summed E-state index contributed by atoms with van der Waals surface area (Å²) in [5, 5.41) is 3.68. The van der Waals surface area contributed by atoms with Crippen LogP contribution in [0, 0.1) is 12.1 Å². The second-order valence-corrected chi connectivity index (χ2v) is 18.0. The first-order valence-corrected chi connectivity index (χ1v) is 23.3. The van der Waals surface area contributed by atoms with E-state index < -0.39 is 5.41 Å². The Bertz CT molecular complexity index is 3470. The van der Waals surface area contributed by atoms with E-state index in [0.29, 0.717) is 0 Å². The van der Waals surface area contributed by atoms with Crippen LogP contribution in [0.2, 0.25) is 0 Å². The van der Waals surface area contributed by atoms with Crippen molar-refractivity contribution in [1.82, 2.24) is 0 Å². The number of benzene rings is 8. The van der Waals surface area contributed by atoms with E-state index in [1.807, 2.05) is 17.4 Å². The van der Waals surface area contributed by atoms with E-state index in [0.717, 1.165) is 28.4 Å².